The molecule has 18 heavy (non-hydrogen) atoms. The lowest BCUT2D eigenvalue weighted by molar-refractivity contribution is 0.628. The summed E-state index contributed by atoms with van der Waals surface area (Å²) in [5.74, 6) is -0.425. The van der Waals surface area contributed by atoms with Crippen LogP contribution in [0.4, 0.5) is 21.5 Å². The van der Waals surface area contributed by atoms with Crippen LogP contribution in [-0.4, -0.2) is 7.05 Å². The van der Waals surface area contributed by atoms with Gasteiger partial charge in [-0.2, -0.15) is 0 Å². The topological polar surface area (TPSA) is 29.3 Å². The molecule has 0 saturated heterocycles. The van der Waals surface area contributed by atoms with Gasteiger partial charge in [-0.15, -0.1) is 0 Å². The third kappa shape index (κ3) is 2.41. The first-order chi connectivity index (χ1) is 8.49. The molecule has 2 rings (SSSR count). The summed E-state index contributed by atoms with van der Waals surface area (Å²) in [5.41, 5.74) is 9.39. The zero-order chi connectivity index (χ0) is 13.3. The number of anilines is 3. The van der Waals surface area contributed by atoms with Gasteiger partial charge in [-0.05, 0) is 42.8 Å². The average molecular weight is 265 g/mol. The monoisotopic (exact) mass is 264 g/mol. The molecule has 4 heteroatoms. The van der Waals surface area contributed by atoms with Gasteiger partial charge in [-0.25, -0.2) is 4.39 Å². The van der Waals surface area contributed by atoms with E-state index in [1.807, 2.05) is 37.1 Å². The van der Waals surface area contributed by atoms with E-state index in [9.17, 15) is 4.39 Å². The normalized spacial score (nSPS) is 10.4. The maximum atomic E-state index is 13.1. The fraction of sp³-hybridized carbons (Fsp3) is 0.143. The van der Waals surface area contributed by atoms with Crippen LogP contribution in [0.15, 0.2) is 36.4 Å². The molecule has 0 aliphatic carbocycles. The van der Waals surface area contributed by atoms with E-state index in [0.717, 1.165) is 16.9 Å². The molecule has 0 fully saturated rings. The molecule has 0 radical (unpaired) electrons. The molecule has 0 aliphatic rings. The van der Waals surface area contributed by atoms with Gasteiger partial charge in [-0.1, -0.05) is 17.7 Å². The van der Waals surface area contributed by atoms with Gasteiger partial charge in [0.2, 0.25) is 0 Å². The highest BCUT2D eigenvalue weighted by Crippen LogP contribution is 2.31. The van der Waals surface area contributed by atoms with Crippen molar-refractivity contribution in [2.75, 3.05) is 17.7 Å². The standard InChI is InChI=1S/C14H14ClFN2/c1-9-3-6-13(17)14(7-9)18(2)10-4-5-12(16)11(15)8-10/h3-8H,17H2,1-2H3. The van der Waals surface area contributed by atoms with Crippen molar-refractivity contribution in [2.24, 2.45) is 0 Å². The van der Waals surface area contributed by atoms with Crippen LogP contribution >= 0.6 is 11.6 Å². The quantitative estimate of drug-likeness (QED) is 0.826. The second kappa shape index (κ2) is 4.86. The van der Waals surface area contributed by atoms with Gasteiger partial charge >= 0.3 is 0 Å². The van der Waals surface area contributed by atoms with E-state index in [4.69, 9.17) is 17.3 Å². The maximum Gasteiger partial charge on any atom is 0.141 e. The van der Waals surface area contributed by atoms with Gasteiger partial charge in [0.1, 0.15) is 5.82 Å². The van der Waals surface area contributed by atoms with Crippen molar-refractivity contribution in [1.82, 2.24) is 0 Å². The van der Waals surface area contributed by atoms with Crippen LogP contribution in [0.25, 0.3) is 0 Å². The molecule has 0 unspecified atom stereocenters. The highest BCUT2D eigenvalue weighted by Gasteiger charge is 2.09. The van der Waals surface area contributed by atoms with Gasteiger partial charge in [-0.3, -0.25) is 0 Å². The molecular formula is C14H14ClFN2. The van der Waals surface area contributed by atoms with Gasteiger partial charge in [0.25, 0.3) is 0 Å². The second-order valence-electron chi connectivity index (χ2n) is 4.22. The molecule has 2 aromatic rings. The molecule has 2 N–H and O–H groups in total. The van der Waals surface area contributed by atoms with Crippen molar-refractivity contribution in [2.45, 2.75) is 6.92 Å². The third-order valence-corrected chi connectivity index (χ3v) is 3.13. The molecule has 0 aliphatic heterocycles. The number of benzene rings is 2. The summed E-state index contributed by atoms with van der Waals surface area (Å²) in [6, 6.07) is 10.4. The summed E-state index contributed by atoms with van der Waals surface area (Å²) in [6.45, 7) is 1.99. The molecule has 0 amide bonds. The molecule has 0 heterocycles. The Balaban J connectivity index is 2.44. The Hall–Kier alpha value is -1.74. The van der Waals surface area contributed by atoms with Crippen LogP contribution in [0.3, 0.4) is 0 Å². The number of aryl methyl sites for hydroxylation is 1. The molecule has 0 atom stereocenters. The van der Waals surface area contributed by atoms with E-state index in [2.05, 4.69) is 0 Å². The lowest BCUT2D eigenvalue weighted by Crippen LogP contribution is -2.11. The number of hydrogen-bond acceptors (Lipinski definition) is 2. The van der Waals surface area contributed by atoms with E-state index in [1.54, 1.807) is 12.1 Å². The summed E-state index contributed by atoms with van der Waals surface area (Å²) in [4.78, 5) is 1.88. The lowest BCUT2D eigenvalue weighted by atomic mass is 10.1. The smallest absolute Gasteiger partial charge is 0.141 e. The van der Waals surface area contributed by atoms with Crippen LogP contribution in [0.5, 0.6) is 0 Å². The fourth-order valence-corrected chi connectivity index (χ4v) is 1.95. The van der Waals surface area contributed by atoms with Gasteiger partial charge < -0.3 is 10.6 Å². The summed E-state index contributed by atoms with van der Waals surface area (Å²) < 4.78 is 13.1. The maximum absolute atomic E-state index is 13.1. The Morgan fingerprint density at radius 2 is 1.89 bits per heavy atom. The largest absolute Gasteiger partial charge is 0.397 e. The predicted molar refractivity (Wildman–Crippen MR) is 75.1 cm³/mol. The Morgan fingerprint density at radius 3 is 2.56 bits per heavy atom. The van der Waals surface area contributed by atoms with E-state index in [0.29, 0.717) is 5.69 Å². The van der Waals surface area contributed by atoms with Gasteiger partial charge in [0, 0.05) is 12.7 Å². The minimum atomic E-state index is -0.425. The van der Waals surface area contributed by atoms with Crippen LogP contribution in [-0.2, 0) is 0 Å². The minimum Gasteiger partial charge on any atom is -0.397 e. The summed E-state index contributed by atoms with van der Waals surface area (Å²) in [6.07, 6.45) is 0. The Labute approximate surface area is 111 Å². The molecule has 0 saturated carbocycles. The molecular weight excluding hydrogens is 251 g/mol. The molecule has 0 bridgehead atoms. The average Bonchev–Trinajstić information content (AvgIpc) is 2.35. The SMILES string of the molecule is Cc1ccc(N)c(N(C)c2ccc(F)c(Cl)c2)c1. The predicted octanol–water partition coefficient (Wildman–Crippen LogP) is 4.14. The number of halogens is 2. The van der Waals surface area contributed by atoms with Gasteiger partial charge in [0.05, 0.1) is 16.4 Å². The minimum absolute atomic E-state index is 0.102. The van der Waals surface area contributed by atoms with Crippen molar-refractivity contribution in [3.63, 3.8) is 0 Å². The first kappa shape index (κ1) is 12.7. The van der Waals surface area contributed by atoms with Crippen molar-refractivity contribution >= 4 is 28.7 Å². The molecule has 0 spiro atoms. The Morgan fingerprint density at radius 1 is 1.17 bits per heavy atom. The number of nitrogen functional groups attached to an aromatic ring is 1. The highest BCUT2D eigenvalue weighted by molar-refractivity contribution is 6.31. The molecule has 0 aromatic heterocycles. The van der Waals surface area contributed by atoms with E-state index in [-0.39, 0.29) is 5.02 Å². The van der Waals surface area contributed by atoms with Crippen LogP contribution in [0.2, 0.25) is 5.02 Å². The third-order valence-electron chi connectivity index (χ3n) is 2.84. The Bertz CT molecular complexity index is 584. The number of nitrogens with zero attached hydrogens (tertiary/aromatic N) is 1. The molecule has 2 nitrogen and oxygen atoms in total. The summed E-state index contributed by atoms with van der Waals surface area (Å²) in [5, 5.41) is 0.102. The van der Waals surface area contributed by atoms with Crippen molar-refractivity contribution in [1.29, 1.82) is 0 Å². The molecule has 2 aromatic carbocycles. The molecule has 94 valence electrons. The number of rotatable bonds is 2. The van der Waals surface area contributed by atoms with E-state index in [1.165, 1.54) is 6.07 Å². The van der Waals surface area contributed by atoms with E-state index < -0.39 is 5.82 Å². The zero-order valence-corrected chi connectivity index (χ0v) is 11.0. The van der Waals surface area contributed by atoms with Crippen LogP contribution in [0, 0.1) is 12.7 Å². The second-order valence-corrected chi connectivity index (χ2v) is 4.63. The first-order valence-electron chi connectivity index (χ1n) is 5.54. The van der Waals surface area contributed by atoms with Crippen molar-refractivity contribution < 1.29 is 4.39 Å². The lowest BCUT2D eigenvalue weighted by Gasteiger charge is -2.22. The first-order valence-corrected chi connectivity index (χ1v) is 5.92. The number of nitrogens with two attached hydrogens (primary N) is 1. The van der Waals surface area contributed by atoms with Crippen LogP contribution in [0.1, 0.15) is 5.56 Å². The highest BCUT2D eigenvalue weighted by atomic mass is 35.5. The number of hydrogen-bond donors (Lipinski definition) is 1. The van der Waals surface area contributed by atoms with Crippen molar-refractivity contribution in [3.8, 4) is 0 Å². The van der Waals surface area contributed by atoms with Crippen LogP contribution < -0.4 is 10.6 Å². The van der Waals surface area contributed by atoms with Gasteiger partial charge in [0.15, 0.2) is 0 Å². The summed E-state index contributed by atoms with van der Waals surface area (Å²) >= 11 is 5.78. The summed E-state index contributed by atoms with van der Waals surface area (Å²) in [7, 11) is 1.87. The van der Waals surface area contributed by atoms with Crippen molar-refractivity contribution in [3.05, 3.63) is 52.8 Å². The Kier molecular flexibility index (Phi) is 3.43. The van der Waals surface area contributed by atoms with E-state index >= 15 is 0 Å². The fourth-order valence-electron chi connectivity index (χ4n) is 1.78. The zero-order valence-electron chi connectivity index (χ0n) is 10.2.